The molecular formula is C24H33N3O2. The molecule has 0 saturated carbocycles. The van der Waals surface area contributed by atoms with E-state index in [1.54, 1.807) is 0 Å². The molecule has 0 aromatic heterocycles. The number of rotatable bonds is 8. The summed E-state index contributed by atoms with van der Waals surface area (Å²) in [5.41, 5.74) is 1.87. The largest absolute Gasteiger partial charge is 0.388 e. The van der Waals surface area contributed by atoms with Crippen LogP contribution in [0.1, 0.15) is 36.8 Å². The molecule has 1 fully saturated rings. The van der Waals surface area contributed by atoms with Crippen LogP contribution in [-0.4, -0.2) is 49.5 Å². The number of aliphatic imine (C=N–C) groups is 1. The van der Waals surface area contributed by atoms with Crippen LogP contribution in [0.3, 0.4) is 0 Å². The van der Waals surface area contributed by atoms with Gasteiger partial charge >= 0.3 is 0 Å². The number of hydrogen-bond donors (Lipinski definition) is 3. The fourth-order valence-electron chi connectivity index (χ4n) is 3.63. The summed E-state index contributed by atoms with van der Waals surface area (Å²) in [5.74, 6) is 1.08. The molecule has 3 N–H and O–H groups in total. The van der Waals surface area contributed by atoms with E-state index in [9.17, 15) is 5.11 Å². The van der Waals surface area contributed by atoms with E-state index in [1.807, 2.05) is 0 Å². The maximum absolute atomic E-state index is 10.7. The van der Waals surface area contributed by atoms with E-state index in [0.717, 1.165) is 25.5 Å². The van der Waals surface area contributed by atoms with Gasteiger partial charge in [0, 0.05) is 45.1 Å². The lowest BCUT2D eigenvalue weighted by atomic mass is 9.92. The van der Waals surface area contributed by atoms with Crippen molar-refractivity contribution in [1.29, 1.82) is 0 Å². The number of nitrogens with one attached hydrogen (secondary N) is 2. The van der Waals surface area contributed by atoms with Gasteiger partial charge in [-0.2, -0.15) is 0 Å². The zero-order chi connectivity index (χ0) is 20.4. The van der Waals surface area contributed by atoms with Gasteiger partial charge in [-0.05, 0) is 24.5 Å². The van der Waals surface area contributed by atoms with Gasteiger partial charge in [-0.1, -0.05) is 60.7 Å². The molecule has 1 atom stereocenters. The Hall–Kier alpha value is -2.37. The second-order valence-electron chi connectivity index (χ2n) is 7.71. The third-order valence-electron chi connectivity index (χ3n) is 5.41. The molecule has 0 radical (unpaired) electrons. The molecule has 3 rings (SSSR count). The van der Waals surface area contributed by atoms with Crippen LogP contribution in [0.5, 0.6) is 0 Å². The summed E-state index contributed by atoms with van der Waals surface area (Å²) < 4.78 is 5.36. The van der Waals surface area contributed by atoms with Crippen LogP contribution >= 0.6 is 0 Å². The Morgan fingerprint density at radius 2 is 1.69 bits per heavy atom. The van der Waals surface area contributed by atoms with E-state index in [1.165, 1.54) is 11.1 Å². The molecule has 29 heavy (non-hydrogen) atoms. The third-order valence-corrected chi connectivity index (χ3v) is 5.41. The molecule has 1 unspecified atom stereocenters. The summed E-state index contributed by atoms with van der Waals surface area (Å²) in [4.78, 5) is 4.67. The van der Waals surface area contributed by atoms with Crippen LogP contribution in [-0.2, 0) is 11.2 Å². The predicted molar refractivity (Wildman–Crippen MR) is 118 cm³/mol. The highest BCUT2D eigenvalue weighted by molar-refractivity contribution is 5.79. The number of benzene rings is 2. The first-order valence-electron chi connectivity index (χ1n) is 10.6. The van der Waals surface area contributed by atoms with Crippen LogP contribution in [0.2, 0.25) is 0 Å². The maximum Gasteiger partial charge on any atom is 0.191 e. The lowest BCUT2D eigenvalue weighted by Gasteiger charge is -2.30. The summed E-state index contributed by atoms with van der Waals surface area (Å²) in [6.07, 6.45) is 2.23. The smallest absolute Gasteiger partial charge is 0.191 e. The second kappa shape index (κ2) is 11.0. The Morgan fingerprint density at radius 3 is 2.34 bits per heavy atom. The highest BCUT2D eigenvalue weighted by atomic mass is 16.5. The lowest BCUT2D eigenvalue weighted by molar-refractivity contribution is -0.0565. The van der Waals surface area contributed by atoms with Crippen LogP contribution in [0.4, 0.5) is 0 Å². The summed E-state index contributed by atoms with van der Waals surface area (Å²) in [6, 6.07) is 21.2. The summed E-state index contributed by atoms with van der Waals surface area (Å²) >= 11 is 0. The first-order valence-corrected chi connectivity index (χ1v) is 10.6. The van der Waals surface area contributed by atoms with E-state index in [2.05, 4.69) is 83.2 Å². The van der Waals surface area contributed by atoms with Crippen molar-refractivity contribution < 1.29 is 9.84 Å². The lowest BCUT2D eigenvalue weighted by Crippen LogP contribution is -2.43. The molecule has 5 heteroatoms. The molecule has 156 valence electrons. The van der Waals surface area contributed by atoms with Crippen molar-refractivity contribution in [3.8, 4) is 0 Å². The standard InChI is InChI=1S/C24H33N3O2/c1-2-25-23(27-19-24(28)13-15-29-16-14-24)26-18-22(21-11-7-4-8-12-21)17-20-9-5-3-6-10-20/h3-12,22,28H,2,13-19H2,1H3,(H2,25,26,27). The van der Waals surface area contributed by atoms with Gasteiger partial charge in [-0.3, -0.25) is 4.99 Å². The van der Waals surface area contributed by atoms with Crippen molar-refractivity contribution in [2.24, 2.45) is 4.99 Å². The van der Waals surface area contributed by atoms with E-state index >= 15 is 0 Å². The van der Waals surface area contributed by atoms with E-state index in [-0.39, 0.29) is 0 Å². The first kappa shape index (κ1) is 21.3. The minimum atomic E-state index is -0.760. The van der Waals surface area contributed by atoms with Gasteiger partial charge in [0.05, 0.1) is 12.1 Å². The summed E-state index contributed by atoms with van der Waals surface area (Å²) in [5, 5.41) is 17.5. The van der Waals surface area contributed by atoms with Gasteiger partial charge in [0.2, 0.25) is 0 Å². The highest BCUT2D eigenvalue weighted by Gasteiger charge is 2.29. The van der Waals surface area contributed by atoms with Gasteiger partial charge in [-0.15, -0.1) is 0 Å². The molecule has 2 aromatic carbocycles. The Labute approximate surface area is 174 Å². The third kappa shape index (κ3) is 6.87. The zero-order valence-electron chi connectivity index (χ0n) is 17.3. The molecule has 1 aliphatic heterocycles. The normalized spacial score (nSPS) is 17.5. The summed E-state index contributed by atoms with van der Waals surface area (Å²) in [6.45, 7) is 5.19. The van der Waals surface area contributed by atoms with Gasteiger partial charge in [0.15, 0.2) is 5.96 Å². The van der Waals surface area contributed by atoms with Gasteiger partial charge in [0.25, 0.3) is 0 Å². The summed E-state index contributed by atoms with van der Waals surface area (Å²) in [7, 11) is 0. The zero-order valence-corrected chi connectivity index (χ0v) is 17.3. The maximum atomic E-state index is 10.7. The number of aliphatic hydroxyl groups is 1. The fourth-order valence-corrected chi connectivity index (χ4v) is 3.63. The number of guanidine groups is 1. The minimum absolute atomic E-state index is 0.327. The molecule has 1 saturated heterocycles. The Bertz CT molecular complexity index is 743. The molecule has 1 aliphatic rings. The van der Waals surface area contributed by atoms with Crippen molar-refractivity contribution in [2.75, 3.05) is 32.8 Å². The van der Waals surface area contributed by atoms with Crippen molar-refractivity contribution in [3.63, 3.8) is 0 Å². The van der Waals surface area contributed by atoms with E-state index in [4.69, 9.17) is 4.74 Å². The van der Waals surface area contributed by atoms with Crippen molar-refractivity contribution in [1.82, 2.24) is 10.6 Å². The monoisotopic (exact) mass is 395 g/mol. The second-order valence-corrected chi connectivity index (χ2v) is 7.71. The SMILES string of the molecule is CCNC(=NCC1(O)CCOCC1)NCC(Cc1ccccc1)c1ccccc1. The van der Waals surface area contributed by atoms with Gasteiger partial charge in [0.1, 0.15) is 0 Å². The Kier molecular flexibility index (Phi) is 8.08. The van der Waals surface area contributed by atoms with Crippen LogP contribution < -0.4 is 10.6 Å². The van der Waals surface area contributed by atoms with Gasteiger partial charge in [-0.25, -0.2) is 0 Å². The molecular weight excluding hydrogens is 362 g/mol. The molecule has 0 aliphatic carbocycles. The number of nitrogens with zero attached hydrogens (tertiary/aromatic N) is 1. The molecule has 0 spiro atoms. The first-order chi connectivity index (χ1) is 14.2. The van der Waals surface area contributed by atoms with Gasteiger partial charge < -0.3 is 20.5 Å². The molecule has 1 heterocycles. The van der Waals surface area contributed by atoms with Crippen LogP contribution in [0, 0.1) is 0 Å². The average Bonchev–Trinajstić information content (AvgIpc) is 2.76. The van der Waals surface area contributed by atoms with Crippen molar-refractivity contribution in [3.05, 3.63) is 71.8 Å². The minimum Gasteiger partial charge on any atom is -0.388 e. The Balaban J connectivity index is 1.67. The van der Waals surface area contributed by atoms with Crippen LogP contribution in [0.15, 0.2) is 65.7 Å². The molecule has 2 aromatic rings. The topological polar surface area (TPSA) is 65.9 Å². The van der Waals surface area contributed by atoms with Crippen molar-refractivity contribution in [2.45, 2.75) is 37.7 Å². The van der Waals surface area contributed by atoms with E-state index in [0.29, 0.717) is 38.5 Å². The van der Waals surface area contributed by atoms with E-state index < -0.39 is 5.60 Å². The number of hydrogen-bond acceptors (Lipinski definition) is 3. The molecule has 0 amide bonds. The number of ether oxygens (including phenoxy) is 1. The molecule has 0 bridgehead atoms. The fraction of sp³-hybridized carbons (Fsp3) is 0.458. The Morgan fingerprint density at radius 1 is 1.03 bits per heavy atom. The highest BCUT2D eigenvalue weighted by Crippen LogP contribution is 2.21. The predicted octanol–water partition coefficient (Wildman–Crippen LogP) is 3.11. The van der Waals surface area contributed by atoms with Crippen molar-refractivity contribution >= 4 is 5.96 Å². The average molecular weight is 396 g/mol. The quantitative estimate of drug-likeness (QED) is 0.475. The van der Waals surface area contributed by atoms with Crippen LogP contribution in [0.25, 0.3) is 0 Å². The molecule has 5 nitrogen and oxygen atoms in total.